The van der Waals surface area contributed by atoms with Crippen LogP contribution in [0.25, 0.3) is 5.69 Å². The van der Waals surface area contributed by atoms with E-state index in [1.807, 2.05) is 6.92 Å². The second-order valence-corrected chi connectivity index (χ2v) is 11.1. The summed E-state index contributed by atoms with van der Waals surface area (Å²) in [7, 11) is -4.03. The number of halogens is 5. The van der Waals surface area contributed by atoms with Crippen LogP contribution in [0, 0.1) is 0 Å². The largest absolute Gasteiger partial charge is 0.494 e. The summed E-state index contributed by atoms with van der Waals surface area (Å²) in [6.45, 7) is 3.72. The van der Waals surface area contributed by atoms with Gasteiger partial charge in [0.25, 0.3) is 0 Å². The molecule has 0 saturated carbocycles. The molecule has 0 saturated heterocycles. The number of aromatic nitrogens is 3. The Morgan fingerprint density at radius 2 is 1.81 bits per heavy atom. The number of hydrogen-bond acceptors (Lipinski definition) is 6. The van der Waals surface area contributed by atoms with Crippen molar-refractivity contribution in [3.8, 4) is 11.4 Å². The fraction of sp³-hybridized carbons (Fsp3) is 0.348. The van der Waals surface area contributed by atoms with Crippen LogP contribution in [-0.4, -0.2) is 41.3 Å². The van der Waals surface area contributed by atoms with Gasteiger partial charge in [-0.25, -0.2) is 8.42 Å². The zero-order valence-corrected chi connectivity index (χ0v) is 21.5. The predicted molar refractivity (Wildman–Crippen MR) is 130 cm³/mol. The monoisotopic (exact) mass is 560 g/mol. The number of aliphatic imine (C=N–C) groups is 1. The van der Waals surface area contributed by atoms with E-state index in [4.69, 9.17) is 27.9 Å². The van der Waals surface area contributed by atoms with E-state index in [-0.39, 0.29) is 47.3 Å². The summed E-state index contributed by atoms with van der Waals surface area (Å²) in [6.07, 6.45) is -4.68. The van der Waals surface area contributed by atoms with Crippen LogP contribution in [0.5, 0.6) is 5.75 Å². The maximum atomic E-state index is 14.5. The summed E-state index contributed by atoms with van der Waals surface area (Å²) in [4.78, 5) is 2.73. The minimum absolute atomic E-state index is 0.0111. The van der Waals surface area contributed by atoms with Crippen molar-refractivity contribution < 1.29 is 26.3 Å². The zero-order valence-electron chi connectivity index (χ0n) is 19.2. The van der Waals surface area contributed by atoms with Crippen molar-refractivity contribution in [3.05, 3.63) is 64.7 Å². The molecule has 0 aliphatic carbocycles. The Kier molecular flexibility index (Phi) is 7.36. The summed E-state index contributed by atoms with van der Waals surface area (Å²) in [5.74, 6) is 0.338. The number of alkyl halides is 5. The minimum Gasteiger partial charge on any atom is -0.494 e. The summed E-state index contributed by atoms with van der Waals surface area (Å²) < 4.78 is 76.0. The van der Waals surface area contributed by atoms with Crippen molar-refractivity contribution in [2.45, 2.75) is 42.7 Å². The van der Waals surface area contributed by atoms with Crippen molar-refractivity contribution in [3.63, 3.8) is 0 Å². The molecule has 0 N–H and O–H groups in total. The van der Waals surface area contributed by atoms with E-state index in [2.05, 4.69) is 15.2 Å². The van der Waals surface area contributed by atoms with Gasteiger partial charge in [0.05, 0.1) is 34.2 Å². The third-order valence-corrected chi connectivity index (χ3v) is 7.76. The molecule has 0 spiro atoms. The van der Waals surface area contributed by atoms with Crippen LogP contribution in [0.4, 0.5) is 13.2 Å². The Morgan fingerprint density at radius 3 is 2.39 bits per heavy atom. The average Bonchev–Trinajstić information content (AvgIpc) is 3.16. The van der Waals surface area contributed by atoms with Crippen molar-refractivity contribution in [1.29, 1.82) is 0 Å². The second-order valence-electron chi connectivity index (χ2n) is 7.91. The number of rotatable bonds is 7. The van der Waals surface area contributed by atoms with Gasteiger partial charge in [0.1, 0.15) is 12.3 Å². The van der Waals surface area contributed by atoms with E-state index in [9.17, 15) is 21.6 Å². The third kappa shape index (κ3) is 4.96. The highest BCUT2D eigenvalue weighted by Gasteiger charge is 2.40. The third-order valence-electron chi connectivity index (χ3n) is 5.47. The average molecular weight is 561 g/mol. The fourth-order valence-electron chi connectivity index (χ4n) is 3.99. The number of benzene rings is 2. The Morgan fingerprint density at radius 1 is 1.11 bits per heavy atom. The van der Waals surface area contributed by atoms with Gasteiger partial charge in [0.15, 0.2) is 26.3 Å². The molecule has 2 heterocycles. The van der Waals surface area contributed by atoms with E-state index in [1.165, 1.54) is 10.6 Å². The molecular formula is C23H21Cl2F3N4O3S. The molecule has 13 heteroatoms. The number of hydrogen-bond donors (Lipinski definition) is 0. The summed E-state index contributed by atoms with van der Waals surface area (Å²) >= 11 is 12.1. The van der Waals surface area contributed by atoms with Crippen LogP contribution in [0.2, 0.25) is 0 Å². The minimum atomic E-state index is -4.91. The first kappa shape index (κ1) is 26.4. The second kappa shape index (κ2) is 10.0. The van der Waals surface area contributed by atoms with Gasteiger partial charge in [-0.3, -0.25) is 9.56 Å². The highest BCUT2D eigenvalue weighted by atomic mass is 35.5. The molecule has 2 aromatic carbocycles. The van der Waals surface area contributed by atoms with E-state index in [1.54, 1.807) is 31.2 Å². The van der Waals surface area contributed by atoms with Gasteiger partial charge in [0, 0.05) is 11.1 Å². The standard InChI is InChI=1S/C23H21Cl2F3N4O3S/c1-3-9-36(33,34)15-10-16(23(26,27)28)19-17(11-15)32-18(30-31-22(32)21(24)25)12-29-20(19)13-5-7-14(8-6-13)35-4-2/h5-8,10-11,21H,3-4,9,12H2,1-2H3. The van der Waals surface area contributed by atoms with Gasteiger partial charge in [0.2, 0.25) is 0 Å². The molecular weight excluding hydrogens is 540 g/mol. The van der Waals surface area contributed by atoms with Crippen LogP contribution in [-0.2, 0) is 22.6 Å². The Labute approximate surface area is 215 Å². The highest BCUT2D eigenvalue weighted by Crippen LogP contribution is 2.41. The molecule has 0 amide bonds. The van der Waals surface area contributed by atoms with Crippen molar-refractivity contribution in [1.82, 2.24) is 14.8 Å². The molecule has 0 radical (unpaired) electrons. The lowest BCUT2D eigenvalue weighted by molar-refractivity contribution is -0.137. The van der Waals surface area contributed by atoms with Crippen LogP contribution in [0.3, 0.4) is 0 Å². The van der Waals surface area contributed by atoms with E-state index in [0.717, 1.165) is 0 Å². The Hall–Kier alpha value is -2.63. The first-order valence-electron chi connectivity index (χ1n) is 11.0. The van der Waals surface area contributed by atoms with Crippen molar-refractivity contribution >= 4 is 38.8 Å². The molecule has 36 heavy (non-hydrogen) atoms. The smallest absolute Gasteiger partial charge is 0.417 e. The lowest BCUT2D eigenvalue weighted by Gasteiger charge is -2.21. The SMILES string of the molecule is CCCS(=O)(=O)c1cc2c(c(C(F)(F)F)c1)C(c1ccc(OCC)cc1)=NCc1nnc(C(Cl)Cl)n1-2. The van der Waals surface area contributed by atoms with Crippen LogP contribution in [0.15, 0.2) is 46.3 Å². The van der Waals surface area contributed by atoms with Gasteiger partial charge in [-0.1, -0.05) is 30.1 Å². The van der Waals surface area contributed by atoms with Gasteiger partial charge < -0.3 is 4.74 Å². The number of fused-ring (bicyclic) bond motifs is 3. The normalized spacial score (nSPS) is 13.7. The quantitative estimate of drug-likeness (QED) is 0.346. The lowest BCUT2D eigenvalue weighted by Crippen LogP contribution is -2.20. The Balaban J connectivity index is 2.09. The van der Waals surface area contributed by atoms with E-state index in [0.29, 0.717) is 24.0 Å². The molecule has 7 nitrogen and oxygen atoms in total. The first-order chi connectivity index (χ1) is 17.0. The van der Waals surface area contributed by atoms with Crippen molar-refractivity contribution in [2.24, 2.45) is 4.99 Å². The number of ether oxygens (including phenoxy) is 1. The van der Waals surface area contributed by atoms with Gasteiger partial charge in [-0.05, 0) is 49.7 Å². The molecule has 0 fully saturated rings. The van der Waals surface area contributed by atoms with Crippen LogP contribution >= 0.6 is 23.2 Å². The molecule has 3 aromatic rings. The molecule has 0 atom stereocenters. The first-order valence-corrected chi connectivity index (χ1v) is 13.5. The molecule has 1 aromatic heterocycles. The topological polar surface area (TPSA) is 86.4 Å². The summed E-state index contributed by atoms with van der Waals surface area (Å²) in [5.41, 5.74) is -1.21. The lowest BCUT2D eigenvalue weighted by atomic mass is 9.95. The maximum absolute atomic E-state index is 14.5. The fourth-order valence-corrected chi connectivity index (χ4v) is 5.64. The molecule has 0 bridgehead atoms. The highest BCUT2D eigenvalue weighted by molar-refractivity contribution is 7.91. The van der Waals surface area contributed by atoms with Crippen LogP contribution in [0.1, 0.15) is 53.4 Å². The van der Waals surface area contributed by atoms with Crippen molar-refractivity contribution in [2.75, 3.05) is 12.4 Å². The zero-order chi connectivity index (χ0) is 26.3. The summed E-state index contributed by atoms with van der Waals surface area (Å²) in [5, 5.41) is 7.93. The van der Waals surface area contributed by atoms with Gasteiger partial charge in [-0.15, -0.1) is 10.2 Å². The summed E-state index contributed by atoms with van der Waals surface area (Å²) in [6, 6.07) is 8.26. The van der Waals surface area contributed by atoms with Gasteiger partial charge in [-0.2, -0.15) is 13.2 Å². The molecule has 0 unspecified atom stereocenters. The molecule has 4 rings (SSSR count). The number of sulfone groups is 1. The Bertz CT molecular complexity index is 1420. The predicted octanol–water partition coefficient (Wildman–Crippen LogP) is 5.70. The molecule has 1 aliphatic rings. The van der Waals surface area contributed by atoms with E-state index >= 15 is 0 Å². The molecule has 1 aliphatic heterocycles. The molecule has 192 valence electrons. The van der Waals surface area contributed by atoms with Crippen LogP contribution < -0.4 is 4.74 Å². The van der Waals surface area contributed by atoms with E-state index < -0.39 is 31.3 Å². The number of nitrogens with zero attached hydrogens (tertiary/aromatic N) is 4. The van der Waals surface area contributed by atoms with Gasteiger partial charge >= 0.3 is 6.18 Å². The maximum Gasteiger partial charge on any atom is 0.417 e.